The molecule has 1 fully saturated rings. The largest absolute Gasteiger partial charge is 0.273 e. The van der Waals surface area contributed by atoms with E-state index in [2.05, 4.69) is 17.5 Å². The van der Waals surface area contributed by atoms with Gasteiger partial charge in [0.05, 0.1) is 0 Å². The van der Waals surface area contributed by atoms with E-state index in [1.807, 2.05) is 6.21 Å². The van der Waals surface area contributed by atoms with Crippen molar-refractivity contribution in [3.8, 4) is 0 Å². The van der Waals surface area contributed by atoms with E-state index in [1.54, 1.807) is 0 Å². The van der Waals surface area contributed by atoms with Crippen LogP contribution in [0.1, 0.15) is 64.7 Å². The van der Waals surface area contributed by atoms with Gasteiger partial charge in [0.15, 0.2) is 0 Å². The van der Waals surface area contributed by atoms with Crippen LogP contribution in [0, 0.1) is 5.92 Å². The van der Waals surface area contributed by atoms with E-state index < -0.39 is 0 Å². The molecule has 1 N–H and O–H groups in total. The van der Waals surface area contributed by atoms with Gasteiger partial charge < -0.3 is 0 Å². The third-order valence-corrected chi connectivity index (χ3v) is 2.90. The van der Waals surface area contributed by atoms with E-state index in [-0.39, 0.29) is 11.8 Å². The SMILES string of the molecule is CCCCCCCCC=NNC(=O)C1CC1. The summed E-state index contributed by atoms with van der Waals surface area (Å²) in [4.78, 5) is 11.2. The molecule has 0 aromatic heterocycles. The summed E-state index contributed by atoms with van der Waals surface area (Å²) in [5, 5.41) is 3.94. The molecule has 1 aliphatic carbocycles. The minimum Gasteiger partial charge on any atom is -0.273 e. The zero-order valence-electron chi connectivity index (χ0n) is 10.4. The van der Waals surface area contributed by atoms with Crippen LogP contribution in [0.4, 0.5) is 0 Å². The molecule has 1 saturated carbocycles. The molecule has 0 unspecified atom stereocenters. The number of hydrogen-bond acceptors (Lipinski definition) is 2. The van der Waals surface area contributed by atoms with Gasteiger partial charge >= 0.3 is 0 Å². The molecular weight excluding hydrogens is 200 g/mol. The molecule has 0 aromatic carbocycles. The summed E-state index contributed by atoms with van der Waals surface area (Å²) in [5.41, 5.74) is 2.59. The molecule has 0 heterocycles. The summed E-state index contributed by atoms with van der Waals surface area (Å²) >= 11 is 0. The Morgan fingerprint density at radius 2 is 1.94 bits per heavy atom. The van der Waals surface area contributed by atoms with Crippen LogP contribution in [0.2, 0.25) is 0 Å². The van der Waals surface area contributed by atoms with Crippen molar-refractivity contribution in [3.63, 3.8) is 0 Å². The number of carbonyl (C=O) groups is 1. The molecule has 0 bridgehead atoms. The summed E-state index contributed by atoms with van der Waals surface area (Å²) in [7, 11) is 0. The molecule has 0 aliphatic heterocycles. The first-order chi connectivity index (χ1) is 7.84. The summed E-state index contributed by atoms with van der Waals surface area (Å²) in [6, 6.07) is 0. The Morgan fingerprint density at radius 1 is 1.25 bits per heavy atom. The molecule has 0 aromatic rings. The van der Waals surface area contributed by atoms with E-state index in [0.717, 1.165) is 19.3 Å². The first-order valence-corrected chi connectivity index (χ1v) is 6.66. The van der Waals surface area contributed by atoms with Crippen LogP contribution in [-0.2, 0) is 4.79 Å². The van der Waals surface area contributed by atoms with Gasteiger partial charge in [0.1, 0.15) is 0 Å². The van der Waals surface area contributed by atoms with Crippen molar-refractivity contribution in [2.24, 2.45) is 11.0 Å². The molecule has 1 aliphatic rings. The van der Waals surface area contributed by atoms with Gasteiger partial charge in [0.2, 0.25) is 5.91 Å². The molecule has 1 amide bonds. The summed E-state index contributed by atoms with van der Waals surface area (Å²) < 4.78 is 0. The van der Waals surface area contributed by atoms with E-state index in [0.29, 0.717) is 0 Å². The van der Waals surface area contributed by atoms with Gasteiger partial charge in [-0.15, -0.1) is 0 Å². The highest BCUT2D eigenvalue weighted by atomic mass is 16.2. The zero-order valence-corrected chi connectivity index (χ0v) is 10.4. The molecule has 0 saturated heterocycles. The predicted molar refractivity (Wildman–Crippen MR) is 67.4 cm³/mol. The third-order valence-electron chi connectivity index (χ3n) is 2.90. The van der Waals surface area contributed by atoms with Crippen LogP contribution in [-0.4, -0.2) is 12.1 Å². The van der Waals surface area contributed by atoms with Crippen molar-refractivity contribution in [3.05, 3.63) is 0 Å². The molecular formula is C13H24N2O. The maximum atomic E-state index is 11.2. The first-order valence-electron chi connectivity index (χ1n) is 6.66. The van der Waals surface area contributed by atoms with Crippen molar-refractivity contribution in [2.75, 3.05) is 0 Å². The lowest BCUT2D eigenvalue weighted by molar-refractivity contribution is -0.122. The van der Waals surface area contributed by atoms with Crippen LogP contribution in [0.25, 0.3) is 0 Å². The highest BCUT2D eigenvalue weighted by Gasteiger charge is 2.29. The van der Waals surface area contributed by atoms with E-state index in [1.165, 1.54) is 38.5 Å². The van der Waals surface area contributed by atoms with Gasteiger partial charge in [-0.25, -0.2) is 5.43 Å². The molecule has 0 radical (unpaired) electrons. The Balaban J connectivity index is 1.82. The monoisotopic (exact) mass is 224 g/mol. The maximum absolute atomic E-state index is 11.2. The Morgan fingerprint density at radius 3 is 2.62 bits per heavy atom. The first kappa shape index (κ1) is 13.2. The Labute approximate surface area is 98.7 Å². The standard InChI is InChI=1S/C13H24N2O/c1-2-3-4-5-6-7-8-11-14-15-13(16)12-9-10-12/h11-12H,2-10H2,1H3,(H,15,16). The van der Waals surface area contributed by atoms with Crippen LogP contribution in [0.5, 0.6) is 0 Å². The second-order valence-corrected chi connectivity index (χ2v) is 4.62. The summed E-state index contributed by atoms with van der Waals surface area (Å²) in [6.45, 7) is 2.23. The quantitative estimate of drug-likeness (QED) is 0.364. The topological polar surface area (TPSA) is 41.5 Å². The fourth-order valence-electron chi connectivity index (χ4n) is 1.63. The highest BCUT2D eigenvalue weighted by Crippen LogP contribution is 2.28. The van der Waals surface area contributed by atoms with E-state index >= 15 is 0 Å². The second kappa shape index (κ2) is 8.31. The number of nitrogens with zero attached hydrogens (tertiary/aromatic N) is 1. The fourth-order valence-corrected chi connectivity index (χ4v) is 1.63. The molecule has 92 valence electrons. The van der Waals surface area contributed by atoms with Gasteiger partial charge in [-0.2, -0.15) is 5.10 Å². The lowest BCUT2D eigenvalue weighted by atomic mass is 10.1. The number of hydrazone groups is 1. The van der Waals surface area contributed by atoms with Crippen molar-refractivity contribution >= 4 is 12.1 Å². The van der Waals surface area contributed by atoms with Crippen molar-refractivity contribution in [1.82, 2.24) is 5.43 Å². The van der Waals surface area contributed by atoms with E-state index in [9.17, 15) is 4.79 Å². The maximum Gasteiger partial charge on any atom is 0.243 e. The Hall–Kier alpha value is -0.860. The third kappa shape index (κ3) is 6.59. The van der Waals surface area contributed by atoms with Gasteiger partial charge in [0, 0.05) is 12.1 Å². The molecule has 3 nitrogen and oxygen atoms in total. The van der Waals surface area contributed by atoms with Crippen LogP contribution in [0.3, 0.4) is 0 Å². The molecule has 3 heteroatoms. The molecule has 0 spiro atoms. The lowest BCUT2D eigenvalue weighted by Crippen LogP contribution is -2.18. The Bertz CT molecular complexity index is 222. The van der Waals surface area contributed by atoms with Crippen LogP contribution >= 0.6 is 0 Å². The number of hydrogen-bond donors (Lipinski definition) is 1. The van der Waals surface area contributed by atoms with Gasteiger partial charge in [-0.3, -0.25) is 4.79 Å². The number of amides is 1. The smallest absolute Gasteiger partial charge is 0.243 e. The number of rotatable bonds is 9. The van der Waals surface area contributed by atoms with Crippen molar-refractivity contribution in [1.29, 1.82) is 0 Å². The minimum absolute atomic E-state index is 0.0965. The average Bonchev–Trinajstić information content (AvgIpc) is 3.10. The Kier molecular flexibility index (Phi) is 6.86. The van der Waals surface area contributed by atoms with Crippen LogP contribution in [0.15, 0.2) is 5.10 Å². The normalized spacial score (nSPS) is 15.6. The van der Waals surface area contributed by atoms with Crippen molar-refractivity contribution < 1.29 is 4.79 Å². The van der Waals surface area contributed by atoms with Gasteiger partial charge in [-0.1, -0.05) is 39.0 Å². The zero-order chi connectivity index (χ0) is 11.6. The number of nitrogens with one attached hydrogen (secondary N) is 1. The average molecular weight is 224 g/mol. The predicted octanol–water partition coefficient (Wildman–Crippen LogP) is 3.25. The fraction of sp³-hybridized carbons (Fsp3) is 0.846. The summed E-state index contributed by atoms with van der Waals surface area (Å²) in [5.74, 6) is 0.352. The molecule has 16 heavy (non-hydrogen) atoms. The van der Waals surface area contributed by atoms with Crippen LogP contribution < -0.4 is 5.43 Å². The number of carbonyl (C=O) groups excluding carboxylic acids is 1. The minimum atomic E-state index is 0.0965. The van der Waals surface area contributed by atoms with E-state index in [4.69, 9.17) is 0 Å². The number of unbranched alkanes of at least 4 members (excludes halogenated alkanes) is 6. The molecule has 1 rings (SSSR count). The molecule has 0 atom stereocenters. The lowest BCUT2D eigenvalue weighted by Gasteiger charge is -1.98. The second-order valence-electron chi connectivity index (χ2n) is 4.62. The summed E-state index contributed by atoms with van der Waals surface area (Å²) in [6.07, 6.45) is 12.7. The highest BCUT2D eigenvalue weighted by molar-refractivity contribution is 5.81. The van der Waals surface area contributed by atoms with Crippen molar-refractivity contribution in [2.45, 2.75) is 64.7 Å². The van der Waals surface area contributed by atoms with Gasteiger partial charge in [0.25, 0.3) is 0 Å². The van der Waals surface area contributed by atoms with Gasteiger partial charge in [-0.05, 0) is 25.7 Å².